The Morgan fingerprint density at radius 2 is 1.76 bits per heavy atom. The Morgan fingerprint density at radius 1 is 1.10 bits per heavy atom. The molecule has 0 fully saturated rings. The summed E-state index contributed by atoms with van der Waals surface area (Å²) < 4.78 is 11.4. The Balaban J connectivity index is 2.12. The molecule has 4 heteroatoms. The number of carbonyl (C=O) groups excluding carboxylic acids is 1. The first-order valence-corrected chi connectivity index (χ1v) is 7.75. The predicted molar refractivity (Wildman–Crippen MR) is 91.2 cm³/mol. The monoisotopic (exact) mass is 396 g/mol. The van der Waals surface area contributed by atoms with E-state index in [1.54, 1.807) is 25.3 Å². The highest BCUT2D eigenvalue weighted by atomic mass is 127. The van der Waals surface area contributed by atoms with Gasteiger partial charge in [-0.1, -0.05) is 26.0 Å². The molecule has 2 aromatic carbocycles. The van der Waals surface area contributed by atoms with Gasteiger partial charge < -0.3 is 9.47 Å². The smallest absolute Gasteiger partial charge is 0.343 e. The first-order chi connectivity index (χ1) is 10.0. The van der Waals surface area contributed by atoms with Crippen LogP contribution in [0.5, 0.6) is 11.5 Å². The number of benzene rings is 2. The highest BCUT2D eigenvalue weighted by molar-refractivity contribution is 14.1. The van der Waals surface area contributed by atoms with Crippen molar-refractivity contribution in [1.82, 2.24) is 0 Å². The van der Waals surface area contributed by atoms with E-state index in [9.17, 15) is 4.79 Å². The van der Waals surface area contributed by atoms with E-state index >= 15 is 0 Å². The molecule has 2 rings (SSSR count). The van der Waals surface area contributed by atoms with Crippen LogP contribution in [-0.4, -0.2) is 13.1 Å². The predicted octanol–water partition coefficient (Wildman–Crippen LogP) is 4.64. The van der Waals surface area contributed by atoms with Crippen molar-refractivity contribution in [2.75, 3.05) is 7.11 Å². The van der Waals surface area contributed by atoms with Crippen LogP contribution in [0.2, 0.25) is 0 Å². The van der Waals surface area contributed by atoms with Gasteiger partial charge in [0.25, 0.3) is 0 Å². The fourth-order valence-corrected chi connectivity index (χ4v) is 2.62. The normalized spacial score (nSPS) is 10.5. The van der Waals surface area contributed by atoms with E-state index < -0.39 is 0 Å². The van der Waals surface area contributed by atoms with Crippen molar-refractivity contribution in [3.8, 4) is 11.5 Å². The van der Waals surface area contributed by atoms with Gasteiger partial charge in [-0.25, -0.2) is 4.79 Å². The van der Waals surface area contributed by atoms with Crippen LogP contribution in [0, 0.1) is 3.57 Å². The van der Waals surface area contributed by atoms with Crippen molar-refractivity contribution >= 4 is 28.6 Å². The van der Waals surface area contributed by atoms with Gasteiger partial charge in [-0.05, 0) is 64.4 Å². The second kappa shape index (κ2) is 6.93. The fraction of sp³-hybridized carbons (Fsp3) is 0.235. The number of ether oxygens (including phenoxy) is 2. The van der Waals surface area contributed by atoms with Gasteiger partial charge in [0.15, 0.2) is 0 Å². The van der Waals surface area contributed by atoms with Gasteiger partial charge in [0.1, 0.15) is 11.5 Å². The summed E-state index contributed by atoms with van der Waals surface area (Å²) in [5, 5.41) is 0. The van der Waals surface area contributed by atoms with Crippen LogP contribution in [0.4, 0.5) is 0 Å². The van der Waals surface area contributed by atoms with E-state index in [0.29, 0.717) is 17.2 Å². The largest absolute Gasteiger partial charge is 0.496 e. The third-order valence-corrected chi connectivity index (χ3v) is 3.99. The maximum absolute atomic E-state index is 12.1. The zero-order valence-electron chi connectivity index (χ0n) is 12.2. The number of esters is 1. The van der Waals surface area contributed by atoms with E-state index in [-0.39, 0.29) is 5.97 Å². The number of rotatable bonds is 4. The van der Waals surface area contributed by atoms with E-state index in [1.165, 1.54) is 5.56 Å². The van der Waals surface area contributed by atoms with Crippen LogP contribution < -0.4 is 9.47 Å². The van der Waals surface area contributed by atoms with E-state index in [0.717, 1.165) is 9.32 Å². The highest BCUT2D eigenvalue weighted by Crippen LogP contribution is 2.23. The molecule has 0 heterocycles. The maximum atomic E-state index is 12.1. The average molecular weight is 396 g/mol. The minimum atomic E-state index is -0.368. The number of hydrogen-bond acceptors (Lipinski definition) is 3. The molecule has 21 heavy (non-hydrogen) atoms. The first kappa shape index (κ1) is 15.8. The third kappa shape index (κ3) is 3.97. The quantitative estimate of drug-likeness (QED) is 0.429. The second-order valence-electron chi connectivity index (χ2n) is 4.96. The summed E-state index contributed by atoms with van der Waals surface area (Å²) in [6.45, 7) is 4.25. The van der Waals surface area contributed by atoms with Crippen molar-refractivity contribution in [2.24, 2.45) is 0 Å². The first-order valence-electron chi connectivity index (χ1n) is 6.67. The van der Waals surface area contributed by atoms with Crippen LogP contribution in [0.25, 0.3) is 0 Å². The van der Waals surface area contributed by atoms with Crippen molar-refractivity contribution in [1.29, 1.82) is 0 Å². The lowest BCUT2D eigenvalue weighted by molar-refractivity contribution is 0.0734. The van der Waals surface area contributed by atoms with Gasteiger partial charge in [-0.15, -0.1) is 0 Å². The minimum absolute atomic E-state index is 0.368. The summed E-state index contributed by atoms with van der Waals surface area (Å²) in [6.07, 6.45) is 0. The molecule has 0 radical (unpaired) electrons. The van der Waals surface area contributed by atoms with E-state index in [4.69, 9.17) is 9.47 Å². The molecule has 0 aliphatic heterocycles. The fourth-order valence-electron chi connectivity index (χ4n) is 1.88. The van der Waals surface area contributed by atoms with Crippen LogP contribution in [0.1, 0.15) is 35.7 Å². The molecule has 0 spiro atoms. The van der Waals surface area contributed by atoms with Crippen molar-refractivity contribution in [2.45, 2.75) is 19.8 Å². The lowest BCUT2D eigenvalue weighted by Crippen LogP contribution is -2.09. The molecule has 0 bridgehead atoms. The van der Waals surface area contributed by atoms with Gasteiger partial charge in [0.2, 0.25) is 0 Å². The van der Waals surface area contributed by atoms with E-state index in [1.807, 2.05) is 24.3 Å². The Labute approximate surface area is 138 Å². The second-order valence-corrected chi connectivity index (χ2v) is 6.12. The van der Waals surface area contributed by atoms with Crippen molar-refractivity contribution in [3.05, 3.63) is 57.2 Å². The molecule has 0 saturated heterocycles. The zero-order chi connectivity index (χ0) is 15.4. The van der Waals surface area contributed by atoms with Crippen LogP contribution in [0.3, 0.4) is 0 Å². The molecule has 0 unspecified atom stereocenters. The minimum Gasteiger partial charge on any atom is -0.496 e. The summed E-state index contributed by atoms with van der Waals surface area (Å²) in [5.74, 6) is 1.38. The van der Waals surface area contributed by atoms with Gasteiger partial charge in [-0.2, -0.15) is 0 Å². The van der Waals surface area contributed by atoms with Crippen molar-refractivity contribution in [3.63, 3.8) is 0 Å². The maximum Gasteiger partial charge on any atom is 0.343 e. The zero-order valence-corrected chi connectivity index (χ0v) is 14.4. The van der Waals surface area contributed by atoms with Gasteiger partial charge in [-0.3, -0.25) is 0 Å². The number of hydrogen-bond donors (Lipinski definition) is 0. The van der Waals surface area contributed by atoms with Crippen molar-refractivity contribution < 1.29 is 14.3 Å². The molecule has 0 aromatic heterocycles. The summed E-state index contributed by atoms with van der Waals surface area (Å²) in [7, 11) is 1.60. The van der Waals surface area contributed by atoms with Gasteiger partial charge in [0.05, 0.1) is 16.2 Å². The molecule has 0 N–H and O–H groups in total. The Bertz CT molecular complexity index is 633. The highest BCUT2D eigenvalue weighted by Gasteiger charge is 2.11. The standard InChI is InChI=1S/C17H17IO3/c1-11(2)12-4-7-14(8-5-12)21-17(19)13-6-9-16(20-3)15(18)10-13/h4-11H,1-3H3. The Kier molecular flexibility index (Phi) is 5.22. The number of halogens is 1. The van der Waals surface area contributed by atoms with Crippen LogP contribution >= 0.6 is 22.6 Å². The van der Waals surface area contributed by atoms with Gasteiger partial charge in [0, 0.05) is 0 Å². The Morgan fingerprint density at radius 3 is 2.29 bits per heavy atom. The van der Waals surface area contributed by atoms with Crippen LogP contribution in [-0.2, 0) is 0 Å². The number of carbonyl (C=O) groups is 1. The molecule has 0 atom stereocenters. The van der Waals surface area contributed by atoms with E-state index in [2.05, 4.69) is 36.4 Å². The molecule has 3 nitrogen and oxygen atoms in total. The average Bonchev–Trinajstić information content (AvgIpc) is 2.47. The summed E-state index contributed by atoms with van der Waals surface area (Å²) in [4.78, 5) is 12.1. The molecule has 0 aliphatic rings. The van der Waals surface area contributed by atoms with Gasteiger partial charge >= 0.3 is 5.97 Å². The Hall–Kier alpha value is -1.56. The molecular weight excluding hydrogens is 379 g/mol. The summed E-state index contributed by atoms with van der Waals surface area (Å²) in [5.41, 5.74) is 1.72. The topological polar surface area (TPSA) is 35.5 Å². The molecule has 0 saturated carbocycles. The molecule has 0 amide bonds. The SMILES string of the molecule is COc1ccc(C(=O)Oc2ccc(C(C)C)cc2)cc1I. The molecular formula is C17H17IO3. The molecule has 0 aliphatic carbocycles. The lowest BCUT2D eigenvalue weighted by Gasteiger charge is -2.09. The summed E-state index contributed by atoms with van der Waals surface area (Å²) in [6, 6.07) is 12.8. The van der Waals surface area contributed by atoms with Crippen LogP contribution in [0.15, 0.2) is 42.5 Å². The number of methoxy groups -OCH3 is 1. The molecule has 110 valence electrons. The lowest BCUT2D eigenvalue weighted by atomic mass is 10.0. The third-order valence-electron chi connectivity index (χ3n) is 3.14. The summed E-state index contributed by atoms with van der Waals surface area (Å²) >= 11 is 2.13. The molecule has 2 aromatic rings.